The molecular weight excluding hydrogens is 326 g/mol. The Bertz CT molecular complexity index is 842. The van der Waals surface area contributed by atoms with Gasteiger partial charge in [0, 0.05) is 43.1 Å². The molecule has 1 aliphatic rings. The molecule has 0 atom stereocenters. The van der Waals surface area contributed by atoms with Crippen molar-refractivity contribution in [2.45, 2.75) is 32.0 Å². The zero-order valence-electron chi connectivity index (χ0n) is 14.5. The van der Waals surface area contributed by atoms with Gasteiger partial charge in [-0.1, -0.05) is 12.1 Å². The second-order valence-corrected chi connectivity index (χ2v) is 6.55. The van der Waals surface area contributed by atoms with Crippen LogP contribution in [0.5, 0.6) is 0 Å². The van der Waals surface area contributed by atoms with Crippen molar-refractivity contribution in [3.63, 3.8) is 0 Å². The molecule has 0 aliphatic heterocycles. The van der Waals surface area contributed by atoms with Crippen molar-refractivity contribution < 1.29 is 4.79 Å². The van der Waals surface area contributed by atoms with Crippen molar-refractivity contribution in [2.24, 2.45) is 0 Å². The topological polar surface area (TPSA) is 63.1 Å². The van der Waals surface area contributed by atoms with Gasteiger partial charge in [0.1, 0.15) is 0 Å². The van der Waals surface area contributed by atoms with Crippen molar-refractivity contribution in [3.05, 3.63) is 78.4 Å². The molecule has 2 amide bonds. The van der Waals surface area contributed by atoms with Crippen LogP contribution in [0, 0.1) is 0 Å². The van der Waals surface area contributed by atoms with Crippen LogP contribution in [0.15, 0.2) is 67.3 Å². The Hall–Kier alpha value is -3.15. The maximum Gasteiger partial charge on any atom is 0.322 e. The zero-order chi connectivity index (χ0) is 17.8. The molecule has 1 fully saturated rings. The molecule has 4 rings (SSSR count). The molecule has 0 unspecified atom stereocenters. The smallest absolute Gasteiger partial charge is 0.317 e. The number of nitrogens with zero attached hydrogens (tertiary/aromatic N) is 4. The number of anilines is 1. The number of pyridine rings is 1. The zero-order valence-corrected chi connectivity index (χ0v) is 14.5. The average Bonchev–Trinajstić information content (AvgIpc) is 3.38. The highest BCUT2D eigenvalue weighted by Gasteiger charge is 2.32. The van der Waals surface area contributed by atoms with E-state index >= 15 is 0 Å². The molecular formula is C20H21N5O. The number of carbonyl (C=O) groups is 1. The van der Waals surface area contributed by atoms with Crippen LogP contribution < -0.4 is 5.32 Å². The molecule has 1 N–H and O–H groups in total. The first-order valence-corrected chi connectivity index (χ1v) is 8.81. The Morgan fingerprint density at radius 3 is 2.50 bits per heavy atom. The van der Waals surface area contributed by atoms with Gasteiger partial charge in [0.2, 0.25) is 0 Å². The quantitative estimate of drug-likeness (QED) is 0.742. The molecule has 6 nitrogen and oxygen atoms in total. The summed E-state index contributed by atoms with van der Waals surface area (Å²) in [5.41, 5.74) is 3.04. The number of hydrogen-bond donors (Lipinski definition) is 1. The summed E-state index contributed by atoms with van der Waals surface area (Å²) in [4.78, 5) is 18.7. The van der Waals surface area contributed by atoms with Crippen LogP contribution in [0.4, 0.5) is 10.5 Å². The highest BCUT2D eigenvalue weighted by atomic mass is 16.2. The van der Waals surface area contributed by atoms with Crippen LogP contribution in [0.25, 0.3) is 0 Å². The Kier molecular flexibility index (Phi) is 4.64. The summed E-state index contributed by atoms with van der Waals surface area (Å²) in [5.74, 6) is 0. The van der Waals surface area contributed by atoms with Gasteiger partial charge in [-0.25, -0.2) is 4.79 Å². The Balaban J connectivity index is 1.39. The van der Waals surface area contributed by atoms with E-state index in [1.807, 2.05) is 58.2 Å². The summed E-state index contributed by atoms with van der Waals surface area (Å²) in [7, 11) is 0. The van der Waals surface area contributed by atoms with Crippen molar-refractivity contribution >= 4 is 11.7 Å². The molecule has 1 aromatic carbocycles. The SMILES string of the molecule is O=C(Nc1ccc(Cn2cccn2)cc1)N(Cc1ccncc1)C1CC1. The van der Waals surface area contributed by atoms with Gasteiger partial charge in [-0.3, -0.25) is 9.67 Å². The minimum atomic E-state index is -0.0517. The van der Waals surface area contributed by atoms with Crippen LogP contribution in [0.1, 0.15) is 24.0 Å². The van der Waals surface area contributed by atoms with E-state index in [0.29, 0.717) is 12.6 Å². The third-order valence-electron chi connectivity index (χ3n) is 4.46. The molecule has 0 bridgehead atoms. The van der Waals surface area contributed by atoms with Crippen molar-refractivity contribution in [1.82, 2.24) is 19.7 Å². The first-order valence-electron chi connectivity index (χ1n) is 8.81. The first-order chi connectivity index (χ1) is 12.8. The van der Waals surface area contributed by atoms with Crippen molar-refractivity contribution in [2.75, 3.05) is 5.32 Å². The van der Waals surface area contributed by atoms with E-state index in [-0.39, 0.29) is 6.03 Å². The molecule has 1 saturated carbocycles. The summed E-state index contributed by atoms with van der Waals surface area (Å²) in [5, 5.41) is 7.23. The predicted octanol–water partition coefficient (Wildman–Crippen LogP) is 3.52. The maximum absolute atomic E-state index is 12.7. The molecule has 2 aromatic heterocycles. The lowest BCUT2D eigenvalue weighted by molar-refractivity contribution is 0.206. The van der Waals surface area contributed by atoms with Gasteiger partial charge in [-0.2, -0.15) is 5.10 Å². The number of amides is 2. The molecule has 1 aliphatic carbocycles. The minimum absolute atomic E-state index is 0.0517. The summed E-state index contributed by atoms with van der Waals surface area (Å²) >= 11 is 0. The fourth-order valence-electron chi connectivity index (χ4n) is 2.91. The maximum atomic E-state index is 12.7. The van der Waals surface area contributed by atoms with Crippen LogP contribution in [-0.4, -0.2) is 31.7 Å². The summed E-state index contributed by atoms with van der Waals surface area (Å²) in [6, 6.07) is 14.0. The monoisotopic (exact) mass is 347 g/mol. The fraction of sp³-hybridized carbons (Fsp3) is 0.250. The van der Waals surface area contributed by atoms with Gasteiger partial charge in [-0.05, 0) is 54.3 Å². The van der Waals surface area contributed by atoms with Crippen LogP contribution >= 0.6 is 0 Å². The van der Waals surface area contributed by atoms with Crippen LogP contribution in [0.3, 0.4) is 0 Å². The second kappa shape index (κ2) is 7.39. The Labute approximate surface area is 152 Å². The lowest BCUT2D eigenvalue weighted by atomic mass is 10.2. The highest BCUT2D eigenvalue weighted by molar-refractivity contribution is 5.89. The number of carbonyl (C=O) groups excluding carboxylic acids is 1. The molecule has 26 heavy (non-hydrogen) atoms. The highest BCUT2D eigenvalue weighted by Crippen LogP contribution is 2.29. The molecule has 6 heteroatoms. The largest absolute Gasteiger partial charge is 0.322 e. The second-order valence-electron chi connectivity index (χ2n) is 6.55. The Morgan fingerprint density at radius 1 is 1.08 bits per heavy atom. The standard InChI is InChI=1S/C20H21N5O/c26-20(25(19-6-7-19)15-17-8-11-21-12-9-17)23-18-4-2-16(3-5-18)14-24-13-1-10-22-24/h1-5,8-13,19H,6-7,14-15H2,(H,23,26). The van der Waals surface area contributed by atoms with Crippen molar-refractivity contribution in [3.8, 4) is 0 Å². The van der Waals surface area contributed by atoms with E-state index in [0.717, 1.165) is 36.2 Å². The number of hydrogen-bond acceptors (Lipinski definition) is 3. The van der Waals surface area contributed by atoms with Gasteiger partial charge in [0.05, 0.1) is 6.54 Å². The molecule has 3 aromatic rings. The number of nitrogens with one attached hydrogen (secondary N) is 1. The van der Waals surface area contributed by atoms with Crippen LogP contribution in [-0.2, 0) is 13.1 Å². The van der Waals surface area contributed by atoms with Crippen LogP contribution in [0.2, 0.25) is 0 Å². The molecule has 0 saturated heterocycles. The van der Waals surface area contributed by atoms with Gasteiger partial charge in [-0.15, -0.1) is 0 Å². The molecule has 2 heterocycles. The van der Waals surface area contributed by atoms with E-state index in [2.05, 4.69) is 15.4 Å². The third-order valence-corrected chi connectivity index (χ3v) is 4.46. The lowest BCUT2D eigenvalue weighted by Gasteiger charge is -2.23. The van der Waals surface area contributed by atoms with Gasteiger partial charge < -0.3 is 10.2 Å². The number of rotatable bonds is 6. The van der Waals surface area contributed by atoms with Gasteiger partial charge in [0.25, 0.3) is 0 Å². The third kappa shape index (κ3) is 4.08. The van der Waals surface area contributed by atoms with E-state index < -0.39 is 0 Å². The number of aromatic nitrogens is 3. The van der Waals surface area contributed by atoms with Crippen molar-refractivity contribution in [1.29, 1.82) is 0 Å². The van der Waals surface area contributed by atoms with Gasteiger partial charge in [0.15, 0.2) is 0 Å². The average molecular weight is 347 g/mol. The van der Waals surface area contributed by atoms with E-state index in [1.165, 1.54) is 0 Å². The molecule has 132 valence electrons. The first kappa shape index (κ1) is 16.3. The number of urea groups is 1. The minimum Gasteiger partial charge on any atom is -0.317 e. The summed E-state index contributed by atoms with van der Waals surface area (Å²) in [6.07, 6.45) is 9.36. The van der Waals surface area contributed by atoms with E-state index in [4.69, 9.17) is 0 Å². The van der Waals surface area contributed by atoms with E-state index in [1.54, 1.807) is 18.6 Å². The Morgan fingerprint density at radius 2 is 1.85 bits per heavy atom. The summed E-state index contributed by atoms with van der Waals surface area (Å²) in [6.45, 7) is 1.33. The molecule has 0 spiro atoms. The molecule has 0 radical (unpaired) electrons. The predicted molar refractivity (Wildman–Crippen MR) is 99.6 cm³/mol. The van der Waals surface area contributed by atoms with Gasteiger partial charge >= 0.3 is 6.03 Å². The number of benzene rings is 1. The lowest BCUT2D eigenvalue weighted by Crippen LogP contribution is -2.36. The summed E-state index contributed by atoms with van der Waals surface area (Å²) < 4.78 is 1.87. The normalized spacial score (nSPS) is 13.4. The fourth-order valence-corrected chi connectivity index (χ4v) is 2.91. The van der Waals surface area contributed by atoms with E-state index in [9.17, 15) is 4.79 Å².